The minimum Gasteiger partial charge on any atom is -0.103 e. The molecule has 0 bridgehead atoms. The Labute approximate surface area is 109 Å². The zero-order valence-corrected chi connectivity index (χ0v) is 12.3. The van der Waals surface area contributed by atoms with Crippen molar-refractivity contribution in [2.24, 2.45) is 23.7 Å². The second-order valence-corrected chi connectivity index (χ2v) is 6.45. The van der Waals surface area contributed by atoms with Gasteiger partial charge in [0, 0.05) is 0 Å². The lowest BCUT2D eigenvalue weighted by molar-refractivity contribution is 0.374. The maximum Gasteiger partial charge on any atom is -0.0322 e. The number of rotatable bonds is 10. The topological polar surface area (TPSA) is 0 Å². The fraction of sp³-hybridized carbons (Fsp3) is 0.882. The predicted octanol–water partition coefficient (Wildman–Crippen LogP) is 5.83. The van der Waals surface area contributed by atoms with Crippen LogP contribution < -0.4 is 0 Å². The molecule has 4 atom stereocenters. The van der Waals surface area contributed by atoms with Crippen molar-refractivity contribution in [1.82, 2.24) is 0 Å². The Morgan fingerprint density at radius 2 is 1.82 bits per heavy atom. The summed E-state index contributed by atoms with van der Waals surface area (Å²) in [7, 11) is 0. The molecule has 0 heteroatoms. The summed E-state index contributed by atoms with van der Waals surface area (Å²) in [6.07, 6.45) is 13.4. The molecule has 0 radical (unpaired) electrons. The Balaban J connectivity index is 2.01. The highest BCUT2D eigenvalue weighted by molar-refractivity contribution is 4.91. The minimum absolute atomic E-state index is 0.943. The van der Waals surface area contributed by atoms with Gasteiger partial charge in [-0.05, 0) is 42.9 Å². The first kappa shape index (κ1) is 14.8. The molecular weight excluding hydrogens is 204 g/mol. The molecule has 1 saturated carbocycles. The Morgan fingerprint density at radius 3 is 2.47 bits per heavy atom. The molecule has 0 saturated heterocycles. The van der Waals surface area contributed by atoms with Gasteiger partial charge in [-0.3, -0.25) is 0 Å². The summed E-state index contributed by atoms with van der Waals surface area (Å²) in [6.45, 7) is 11.0. The van der Waals surface area contributed by atoms with E-state index in [0.29, 0.717) is 0 Å². The van der Waals surface area contributed by atoms with E-state index in [-0.39, 0.29) is 0 Å². The van der Waals surface area contributed by atoms with E-state index < -0.39 is 0 Å². The molecule has 17 heavy (non-hydrogen) atoms. The number of allylic oxidation sites excluding steroid dienone is 1. The van der Waals surface area contributed by atoms with Crippen LogP contribution in [-0.4, -0.2) is 0 Å². The lowest BCUT2D eigenvalue weighted by Crippen LogP contribution is -2.02. The summed E-state index contributed by atoms with van der Waals surface area (Å²) in [5.74, 6) is 3.92. The molecule has 4 unspecified atom stereocenters. The summed E-state index contributed by atoms with van der Waals surface area (Å²) in [5.41, 5.74) is 0. The first-order valence-electron chi connectivity index (χ1n) is 7.78. The third-order valence-corrected chi connectivity index (χ3v) is 4.45. The highest BCUT2D eigenvalue weighted by Crippen LogP contribution is 2.46. The number of hydrogen-bond donors (Lipinski definition) is 0. The normalized spacial score (nSPS) is 26.5. The largest absolute Gasteiger partial charge is 0.103 e. The van der Waals surface area contributed by atoms with Crippen LogP contribution in [-0.2, 0) is 0 Å². The molecule has 1 aliphatic carbocycles. The molecule has 1 rings (SSSR count). The van der Waals surface area contributed by atoms with E-state index in [9.17, 15) is 0 Å². The molecule has 100 valence electrons. The van der Waals surface area contributed by atoms with E-state index in [1.807, 2.05) is 0 Å². The first-order chi connectivity index (χ1) is 8.17. The van der Waals surface area contributed by atoms with Gasteiger partial charge in [0.1, 0.15) is 0 Å². The van der Waals surface area contributed by atoms with Crippen molar-refractivity contribution in [2.45, 2.75) is 72.1 Å². The standard InChI is InChI=1S/C17H32/c1-5-7-9-14(3)10-11-15(4)12-17-13-16(17)8-6-2/h6,14-17H,2,5,7-13H2,1,3-4H3. The van der Waals surface area contributed by atoms with Crippen molar-refractivity contribution < 1.29 is 0 Å². The molecule has 0 aromatic heterocycles. The average molecular weight is 236 g/mol. The van der Waals surface area contributed by atoms with Gasteiger partial charge >= 0.3 is 0 Å². The maximum atomic E-state index is 3.84. The smallest absolute Gasteiger partial charge is 0.0322 e. The zero-order valence-electron chi connectivity index (χ0n) is 12.3. The van der Waals surface area contributed by atoms with Crippen molar-refractivity contribution in [1.29, 1.82) is 0 Å². The van der Waals surface area contributed by atoms with E-state index in [1.165, 1.54) is 51.4 Å². The van der Waals surface area contributed by atoms with Gasteiger partial charge in [-0.1, -0.05) is 59.0 Å². The third kappa shape index (κ3) is 6.29. The van der Waals surface area contributed by atoms with Crippen LogP contribution in [0, 0.1) is 23.7 Å². The maximum absolute atomic E-state index is 3.84. The van der Waals surface area contributed by atoms with Crippen molar-refractivity contribution in [3.05, 3.63) is 12.7 Å². The van der Waals surface area contributed by atoms with Crippen LogP contribution in [0.15, 0.2) is 12.7 Å². The molecule has 0 aliphatic heterocycles. The van der Waals surface area contributed by atoms with Crippen molar-refractivity contribution in [3.8, 4) is 0 Å². The monoisotopic (exact) mass is 236 g/mol. The van der Waals surface area contributed by atoms with Gasteiger partial charge in [-0.15, -0.1) is 6.58 Å². The third-order valence-electron chi connectivity index (χ3n) is 4.45. The van der Waals surface area contributed by atoms with Gasteiger partial charge in [0.15, 0.2) is 0 Å². The Hall–Kier alpha value is -0.260. The minimum atomic E-state index is 0.943. The van der Waals surface area contributed by atoms with Crippen molar-refractivity contribution in [3.63, 3.8) is 0 Å². The van der Waals surface area contributed by atoms with Crippen molar-refractivity contribution in [2.75, 3.05) is 0 Å². The van der Waals surface area contributed by atoms with E-state index in [1.54, 1.807) is 0 Å². The van der Waals surface area contributed by atoms with Gasteiger partial charge in [0.25, 0.3) is 0 Å². The Bertz CT molecular complexity index is 206. The van der Waals surface area contributed by atoms with Gasteiger partial charge in [0.05, 0.1) is 0 Å². The van der Waals surface area contributed by atoms with Gasteiger partial charge in [0.2, 0.25) is 0 Å². The van der Waals surface area contributed by atoms with E-state index in [4.69, 9.17) is 0 Å². The second-order valence-electron chi connectivity index (χ2n) is 6.45. The number of hydrogen-bond acceptors (Lipinski definition) is 0. The summed E-state index contributed by atoms with van der Waals surface area (Å²) in [5, 5.41) is 0. The molecule has 1 aliphatic rings. The molecule has 1 fully saturated rings. The van der Waals surface area contributed by atoms with Crippen LogP contribution in [0.3, 0.4) is 0 Å². The Kier molecular flexibility index (Phi) is 6.92. The van der Waals surface area contributed by atoms with Gasteiger partial charge < -0.3 is 0 Å². The lowest BCUT2D eigenvalue weighted by Gasteiger charge is -2.15. The molecule has 0 nitrogen and oxygen atoms in total. The molecule has 0 spiro atoms. The number of unbranched alkanes of at least 4 members (excludes halogenated alkanes) is 1. The van der Waals surface area contributed by atoms with Gasteiger partial charge in [-0.25, -0.2) is 0 Å². The summed E-state index contributed by atoms with van der Waals surface area (Å²) in [4.78, 5) is 0. The fourth-order valence-corrected chi connectivity index (χ4v) is 3.00. The van der Waals surface area contributed by atoms with Crippen LogP contribution in [0.5, 0.6) is 0 Å². The average Bonchev–Trinajstić information content (AvgIpc) is 3.02. The quantitative estimate of drug-likeness (QED) is 0.418. The lowest BCUT2D eigenvalue weighted by atomic mass is 9.91. The fourth-order valence-electron chi connectivity index (χ4n) is 3.00. The Morgan fingerprint density at radius 1 is 1.12 bits per heavy atom. The molecule has 0 heterocycles. The second kappa shape index (κ2) is 7.95. The van der Waals surface area contributed by atoms with Gasteiger partial charge in [-0.2, -0.15) is 0 Å². The highest BCUT2D eigenvalue weighted by atomic mass is 14.4. The van der Waals surface area contributed by atoms with Crippen LogP contribution >= 0.6 is 0 Å². The molecule has 0 aromatic carbocycles. The van der Waals surface area contributed by atoms with Crippen molar-refractivity contribution >= 4 is 0 Å². The van der Waals surface area contributed by atoms with Crippen LogP contribution in [0.1, 0.15) is 72.1 Å². The SMILES string of the molecule is C=CCC1CC1CC(C)CCC(C)CCCC. The summed E-state index contributed by atoms with van der Waals surface area (Å²) < 4.78 is 0. The van der Waals surface area contributed by atoms with E-state index >= 15 is 0 Å². The van der Waals surface area contributed by atoms with Crippen LogP contribution in [0.4, 0.5) is 0 Å². The van der Waals surface area contributed by atoms with Crippen LogP contribution in [0.25, 0.3) is 0 Å². The highest BCUT2D eigenvalue weighted by Gasteiger charge is 2.36. The molecular formula is C17H32. The summed E-state index contributed by atoms with van der Waals surface area (Å²) in [6, 6.07) is 0. The first-order valence-corrected chi connectivity index (χ1v) is 7.78. The van der Waals surface area contributed by atoms with Crippen LogP contribution in [0.2, 0.25) is 0 Å². The molecule has 0 N–H and O–H groups in total. The van der Waals surface area contributed by atoms with E-state index in [2.05, 4.69) is 33.4 Å². The zero-order chi connectivity index (χ0) is 12.7. The van der Waals surface area contributed by atoms with E-state index in [0.717, 1.165) is 23.7 Å². The molecule has 0 amide bonds. The summed E-state index contributed by atoms with van der Waals surface area (Å²) >= 11 is 0. The predicted molar refractivity (Wildman–Crippen MR) is 78.1 cm³/mol. The molecule has 0 aromatic rings.